The highest BCUT2D eigenvalue weighted by Gasteiger charge is 2.23. The predicted octanol–water partition coefficient (Wildman–Crippen LogP) is 3.78. The molecule has 0 atom stereocenters. The average molecular weight is 331 g/mol. The fraction of sp³-hybridized carbons (Fsp3) is 0.222. The summed E-state index contributed by atoms with van der Waals surface area (Å²) in [5, 5.41) is 0. The molecular formula is C18H21NO3S. The summed E-state index contributed by atoms with van der Waals surface area (Å²) < 4.78 is 32.5. The van der Waals surface area contributed by atoms with Gasteiger partial charge in [-0.1, -0.05) is 23.8 Å². The number of ether oxygens (including phenoxy) is 1. The summed E-state index contributed by atoms with van der Waals surface area (Å²) in [6, 6.07) is 13.8. The standard InChI is InChI=1S/C18H21NO3S/c1-4-14-19(16-8-10-17(11-9-16)22-5-2)23(20,21)18-12-6-15(3)7-13-18/h4,6-13H,1,5,14H2,2-3H3. The molecule has 0 heterocycles. The molecule has 0 spiro atoms. The van der Waals surface area contributed by atoms with Gasteiger partial charge in [0.2, 0.25) is 0 Å². The summed E-state index contributed by atoms with van der Waals surface area (Å²) in [5.41, 5.74) is 1.59. The van der Waals surface area contributed by atoms with Crippen LogP contribution in [0.5, 0.6) is 5.75 Å². The first kappa shape index (κ1) is 17.1. The minimum atomic E-state index is -3.64. The highest BCUT2D eigenvalue weighted by atomic mass is 32.2. The summed E-state index contributed by atoms with van der Waals surface area (Å²) in [6.07, 6.45) is 1.57. The van der Waals surface area contributed by atoms with Crippen molar-refractivity contribution in [2.45, 2.75) is 18.7 Å². The minimum Gasteiger partial charge on any atom is -0.494 e. The van der Waals surface area contributed by atoms with E-state index in [0.717, 1.165) is 5.56 Å². The van der Waals surface area contributed by atoms with E-state index in [-0.39, 0.29) is 11.4 Å². The molecule has 0 aliphatic heterocycles. The normalized spacial score (nSPS) is 11.0. The zero-order chi connectivity index (χ0) is 16.9. The number of rotatable bonds is 7. The molecule has 5 heteroatoms. The van der Waals surface area contributed by atoms with Crippen molar-refractivity contribution in [3.8, 4) is 5.75 Å². The fourth-order valence-corrected chi connectivity index (χ4v) is 3.61. The van der Waals surface area contributed by atoms with E-state index in [1.807, 2.05) is 13.8 Å². The molecule has 0 fully saturated rings. The third-order valence-corrected chi connectivity index (χ3v) is 5.15. The van der Waals surface area contributed by atoms with Crippen LogP contribution < -0.4 is 9.04 Å². The zero-order valence-corrected chi connectivity index (χ0v) is 14.2. The Morgan fingerprint density at radius 3 is 2.22 bits per heavy atom. The summed E-state index contributed by atoms with van der Waals surface area (Å²) in [5.74, 6) is 0.711. The van der Waals surface area contributed by atoms with Crippen LogP contribution in [-0.2, 0) is 10.0 Å². The van der Waals surface area contributed by atoms with Gasteiger partial charge >= 0.3 is 0 Å². The first-order valence-corrected chi connectivity index (χ1v) is 8.86. The molecule has 2 aromatic carbocycles. The fourth-order valence-electron chi connectivity index (χ4n) is 2.17. The molecule has 122 valence electrons. The Bertz CT molecular complexity index is 750. The minimum absolute atomic E-state index is 0.199. The Kier molecular flexibility index (Phi) is 5.45. The highest BCUT2D eigenvalue weighted by molar-refractivity contribution is 7.92. The topological polar surface area (TPSA) is 46.6 Å². The Labute approximate surface area is 138 Å². The van der Waals surface area contributed by atoms with Crippen LogP contribution in [0.25, 0.3) is 0 Å². The van der Waals surface area contributed by atoms with Crippen LogP contribution in [0.1, 0.15) is 12.5 Å². The van der Waals surface area contributed by atoms with Crippen LogP contribution in [0.15, 0.2) is 66.1 Å². The number of sulfonamides is 1. The van der Waals surface area contributed by atoms with Crippen molar-refractivity contribution in [3.63, 3.8) is 0 Å². The van der Waals surface area contributed by atoms with Gasteiger partial charge in [-0.15, -0.1) is 6.58 Å². The molecule has 0 aliphatic rings. The van der Waals surface area contributed by atoms with Gasteiger partial charge in [0.05, 0.1) is 23.7 Å². The van der Waals surface area contributed by atoms with Crippen molar-refractivity contribution in [1.82, 2.24) is 0 Å². The van der Waals surface area contributed by atoms with Crippen LogP contribution in [0, 0.1) is 6.92 Å². The lowest BCUT2D eigenvalue weighted by Crippen LogP contribution is -2.31. The molecule has 0 bridgehead atoms. The van der Waals surface area contributed by atoms with E-state index < -0.39 is 10.0 Å². The van der Waals surface area contributed by atoms with Crippen LogP contribution >= 0.6 is 0 Å². The van der Waals surface area contributed by atoms with Crippen LogP contribution in [0.3, 0.4) is 0 Å². The number of hydrogen-bond acceptors (Lipinski definition) is 3. The van der Waals surface area contributed by atoms with E-state index in [1.165, 1.54) is 4.31 Å². The summed E-state index contributed by atoms with van der Waals surface area (Å²) in [4.78, 5) is 0.263. The quantitative estimate of drug-likeness (QED) is 0.726. The van der Waals surface area contributed by atoms with E-state index >= 15 is 0 Å². The summed E-state index contributed by atoms with van der Waals surface area (Å²) in [6.45, 7) is 8.25. The number of nitrogens with zero attached hydrogens (tertiary/aromatic N) is 1. The second-order valence-corrected chi connectivity index (χ2v) is 6.93. The molecule has 0 radical (unpaired) electrons. The zero-order valence-electron chi connectivity index (χ0n) is 13.4. The van der Waals surface area contributed by atoms with Crippen molar-refractivity contribution in [2.75, 3.05) is 17.5 Å². The first-order chi connectivity index (χ1) is 11.0. The molecule has 2 aromatic rings. The Hall–Kier alpha value is -2.27. The van der Waals surface area contributed by atoms with Crippen molar-refractivity contribution in [2.24, 2.45) is 0 Å². The van der Waals surface area contributed by atoms with Gasteiger partial charge in [-0.3, -0.25) is 4.31 Å². The van der Waals surface area contributed by atoms with E-state index in [4.69, 9.17) is 4.74 Å². The number of aryl methyl sites for hydroxylation is 1. The SMILES string of the molecule is C=CCN(c1ccc(OCC)cc1)S(=O)(=O)c1ccc(C)cc1. The molecule has 0 unspecified atom stereocenters. The predicted molar refractivity (Wildman–Crippen MR) is 93.5 cm³/mol. The monoisotopic (exact) mass is 331 g/mol. The lowest BCUT2D eigenvalue weighted by Gasteiger charge is -2.23. The molecule has 2 rings (SSSR count). The molecule has 0 saturated heterocycles. The molecule has 0 saturated carbocycles. The number of hydrogen-bond donors (Lipinski definition) is 0. The Morgan fingerprint density at radius 1 is 1.09 bits per heavy atom. The molecular weight excluding hydrogens is 310 g/mol. The van der Waals surface area contributed by atoms with Gasteiger partial charge in [-0.2, -0.15) is 0 Å². The number of benzene rings is 2. The Morgan fingerprint density at radius 2 is 1.70 bits per heavy atom. The van der Waals surface area contributed by atoms with E-state index in [2.05, 4.69) is 6.58 Å². The summed E-state index contributed by atoms with van der Waals surface area (Å²) >= 11 is 0. The maximum absolute atomic E-state index is 12.9. The molecule has 23 heavy (non-hydrogen) atoms. The third-order valence-electron chi connectivity index (χ3n) is 3.34. The van der Waals surface area contributed by atoms with Crippen LogP contribution in [-0.4, -0.2) is 21.6 Å². The third kappa shape index (κ3) is 3.93. The van der Waals surface area contributed by atoms with Crippen molar-refractivity contribution in [3.05, 3.63) is 66.7 Å². The second kappa shape index (κ2) is 7.33. The maximum Gasteiger partial charge on any atom is 0.264 e. The first-order valence-electron chi connectivity index (χ1n) is 7.42. The van der Waals surface area contributed by atoms with Gasteiger partial charge in [0, 0.05) is 0 Å². The van der Waals surface area contributed by atoms with Crippen molar-refractivity contribution < 1.29 is 13.2 Å². The second-order valence-electron chi connectivity index (χ2n) is 5.06. The van der Waals surface area contributed by atoms with Gasteiger partial charge in [0.15, 0.2) is 0 Å². The van der Waals surface area contributed by atoms with Gasteiger partial charge in [-0.05, 0) is 50.2 Å². The van der Waals surface area contributed by atoms with Gasteiger partial charge in [0.1, 0.15) is 5.75 Å². The molecule has 4 nitrogen and oxygen atoms in total. The maximum atomic E-state index is 12.9. The lowest BCUT2D eigenvalue weighted by atomic mass is 10.2. The molecule has 0 aliphatic carbocycles. The summed E-state index contributed by atoms with van der Waals surface area (Å²) in [7, 11) is -3.64. The smallest absolute Gasteiger partial charge is 0.264 e. The average Bonchev–Trinajstić information content (AvgIpc) is 2.54. The van der Waals surface area contributed by atoms with Gasteiger partial charge in [-0.25, -0.2) is 8.42 Å². The Balaban J connectivity index is 2.40. The lowest BCUT2D eigenvalue weighted by molar-refractivity contribution is 0.340. The van der Waals surface area contributed by atoms with Crippen molar-refractivity contribution in [1.29, 1.82) is 0 Å². The van der Waals surface area contributed by atoms with E-state index in [0.29, 0.717) is 18.0 Å². The van der Waals surface area contributed by atoms with E-state index in [9.17, 15) is 8.42 Å². The number of anilines is 1. The highest BCUT2D eigenvalue weighted by Crippen LogP contribution is 2.26. The van der Waals surface area contributed by atoms with Gasteiger partial charge < -0.3 is 4.74 Å². The molecule has 0 N–H and O–H groups in total. The van der Waals surface area contributed by atoms with Gasteiger partial charge in [0.25, 0.3) is 10.0 Å². The van der Waals surface area contributed by atoms with Crippen molar-refractivity contribution >= 4 is 15.7 Å². The van der Waals surface area contributed by atoms with Crippen LogP contribution in [0.4, 0.5) is 5.69 Å². The van der Waals surface area contributed by atoms with E-state index in [1.54, 1.807) is 54.6 Å². The largest absolute Gasteiger partial charge is 0.494 e. The van der Waals surface area contributed by atoms with Crippen LogP contribution in [0.2, 0.25) is 0 Å². The molecule has 0 aromatic heterocycles. The molecule has 0 amide bonds.